The number of carbonyl (C=O) groups excluding carboxylic acids is 3. The molecule has 4 heterocycles. The molecular formula is C33H40F2N6O7. The molecule has 48 heavy (non-hydrogen) atoms. The summed E-state index contributed by atoms with van der Waals surface area (Å²) in [4.78, 5) is 50.4. The molecule has 0 aliphatic carbocycles. The van der Waals surface area contributed by atoms with E-state index in [2.05, 4.69) is 20.6 Å². The van der Waals surface area contributed by atoms with Gasteiger partial charge in [-0.25, -0.2) is 33.1 Å². The number of ether oxygens (including phenoxy) is 4. The number of anilines is 3. The molecule has 2 atom stereocenters. The summed E-state index contributed by atoms with van der Waals surface area (Å²) >= 11 is 0. The fourth-order valence-electron chi connectivity index (χ4n) is 5.47. The van der Waals surface area contributed by atoms with Gasteiger partial charge in [-0.3, -0.25) is 20.4 Å². The molecule has 2 N–H and O–H groups in total. The number of carbonyl (C=O) groups is 3. The Hall–Kier alpha value is -4.79. The number of fused-ring (bicyclic) bond motifs is 2. The Bertz CT molecular complexity index is 1760. The van der Waals surface area contributed by atoms with E-state index in [4.69, 9.17) is 18.9 Å². The highest BCUT2D eigenvalue weighted by molar-refractivity contribution is 6.05. The van der Waals surface area contributed by atoms with Gasteiger partial charge in [0.2, 0.25) is 5.88 Å². The second-order valence-corrected chi connectivity index (χ2v) is 13.8. The van der Waals surface area contributed by atoms with E-state index in [0.717, 1.165) is 0 Å². The Kier molecular flexibility index (Phi) is 9.37. The molecule has 2 aliphatic rings. The van der Waals surface area contributed by atoms with Crippen LogP contribution in [0.1, 0.15) is 47.1 Å². The predicted molar refractivity (Wildman–Crippen MR) is 175 cm³/mol. The fourth-order valence-corrected chi connectivity index (χ4v) is 5.47. The van der Waals surface area contributed by atoms with Gasteiger partial charge in [-0.2, -0.15) is 0 Å². The molecule has 1 saturated heterocycles. The molecule has 5 rings (SSSR count). The minimum atomic E-state index is -1.33. The summed E-state index contributed by atoms with van der Waals surface area (Å²) in [5, 5.41) is 5.57. The number of likely N-dealkylation sites (tertiary alicyclic amines) is 1. The van der Waals surface area contributed by atoms with Gasteiger partial charge in [-0.15, -0.1) is 0 Å². The first-order chi connectivity index (χ1) is 22.4. The monoisotopic (exact) mass is 670 g/mol. The summed E-state index contributed by atoms with van der Waals surface area (Å²) in [5.74, 6) is -0.598. The van der Waals surface area contributed by atoms with Gasteiger partial charge in [0.25, 0.3) is 0 Å². The summed E-state index contributed by atoms with van der Waals surface area (Å²) in [6, 6.07) is 2.97. The molecular weight excluding hydrogens is 630 g/mol. The average Bonchev–Trinajstić information content (AvgIpc) is 3.28. The number of hydrogen-bond acceptors (Lipinski definition) is 10. The van der Waals surface area contributed by atoms with Crippen molar-refractivity contribution in [3.05, 3.63) is 35.9 Å². The van der Waals surface area contributed by atoms with E-state index in [1.165, 1.54) is 29.4 Å². The van der Waals surface area contributed by atoms with Crippen LogP contribution in [0.15, 0.2) is 24.5 Å². The Morgan fingerprint density at radius 3 is 2.31 bits per heavy atom. The Balaban J connectivity index is 1.58. The quantitative estimate of drug-likeness (QED) is 0.298. The third-order valence-electron chi connectivity index (χ3n) is 7.46. The second-order valence-electron chi connectivity index (χ2n) is 13.8. The molecule has 0 bridgehead atoms. The molecule has 2 aromatic heterocycles. The largest absolute Gasteiger partial charge is 0.474 e. The molecule has 258 valence electrons. The molecule has 13 nitrogen and oxygen atoms in total. The lowest BCUT2D eigenvalue weighted by Crippen LogP contribution is -2.42. The summed E-state index contributed by atoms with van der Waals surface area (Å²) in [6.45, 7) is 12.7. The molecule has 0 unspecified atom stereocenters. The lowest BCUT2D eigenvalue weighted by Gasteiger charge is -2.32. The highest BCUT2D eigenvalue weighted by Gasteiger charge is 2.35. The van der Waals surface area contributed by atoms with E-state index >= 15 is 4.39 Å². The van der Waals surface area contributed by atoms with Crippen molar-refractivity contribution in [2.75, 3.05) is 48.8 Å². The van der Waals surface area contributed by atoms with Gasteiger partial charge in [0, 0.05) is 42.0 Å². The van der Waals surface area contributed by atoms with Gasteiger partial charge < -0.3 is 18.9 Å². The van der Waals surface area contributed by atoms with Gasteiger partial charge in [-0.05, 0) is 78.6 Å². The van der Waals surface area contributed by atoms with Gasteiger partial charge in [0.05, 0.1) is 12.2 Å². The van der Waals surface area contributed by atoms with Crippen molar-refractivity contribution in [3.8, 4) is 17.0 Å². The first-order valence-corrected chi connectivity index (χ1v) is 15.5. The van der Waals surface area contributed by atoms with Gasteiger partial charge >= 0.3 is 18.3 Å². The molecule has 0 saturated carbocycles. The van der Waals surface area contributed by atoms with Crippen LogP contribution in [0.5, 0.6) is 5.88 Å². The minimum absolute atomic E-state index is 0.0186. The van der Waals surface area contributed by atoms with Crippen LogP contribution < -0.4 is 20.3 Å². The zero-order valence-electron chi connectivity index (χ0n) is 28.2. The zero-order chi connectivity index (χ0) is 35.1. The third kappa shape index (κ3) is 7.67. The number of alkyl halides is 1. The normalized spacial score (nSPS) is 18.2. The van der Waals surface area contributed by atoms with Crippen molar-refractivity contribution in [1.82, 2.24) is 14.9 Å². The fraction of sp³-hybridized carbons (Fsp3) is 0.485. The predicted octanol–water partition coefficient (Wildman–Crippen LogP) is 6.43. The van der Waals surface area contributed by atoms with Crippen molar-refractivity contribution >= 4 is 46.2 Å². The molecule has 3 aromatic rings. The van der Waals surface area contributed by atoms with Crippen molar-refractivity contribution in [2.45, 2.75) is 71.9 Å². The molecule has 2 aliphatic heterocycles. The molecule has 15 heteroatoms. The number of halogens is 2. The van der Waals surface area contributed by atoms with Crippen molar-refractivity contribution in [1.29, 1.82) is 0 Å². The Labute approximate surface area is 276 Å². The summed E-state index contributed by atoms with van der Waals surface area (Å²) in [5.41, 5.74) is -0.780. The van der Waals surface area contributed by atoms with Crippen LogP contribution in [0.25, 0.3) is 21.9 Å². The summed E-state index contributed by atoms with van der Waals surface area (Å²) < 4.78 is 52.8. The van der Waals surface area contributed by atoms with Gasteiger partial charge in [-0.1, -0.05) is 0 Å². The third-order valence-corrected chi connectivity index (χ3v) is 7.46. The first kappa shape index (κ1) is 34.5. The highest BCUT2D eigenvalue weighted by atomic mass is 19.1. The molecule has 1 fully saturated rings. The number of nitrogens with zero attached hydrogens (tertiary/aromatic N) is 4. The number of nitrogens with one attached hydrogen (secondary N) is 2. The minimum Gasteiger partial charge on any atom is -0.474 e. The standard InChI is InChI=1S/C33H40F2N6O7/c1-17-20(13-37-28-27(17)41(9-10-45-28)31(44)48-33(5,6)7)19-11-18-12-24(38-29(42)46-23-16-40(8)15-22(23)34)36-14-21(18)26(25(19)35)39-30(43)47-32(2,3)4/h11-14,22-23H,9-10,15-16H2,1-8H3,(H,39,43)(H,36,38,42)/t22-,23-/m0/s1. The van der Waals surface area contributed by atoms with Crippen LogP contribution in [0.3, 0.4) is 0 Å². The highest BCUT2D eigenvalue weighted by Crippen LogP contribution is 2.42. The summed E-state index contributed by atoms with van der Waals surface area (Å²) in [6.07, 6.45) is -2.00. The molecule has 0 spiro atoms. The van der Waals surface area contributed by atoms with Gasteiger partial charge in [0.15, 0.2) is 12.0 Å². The van der Waals surface area contributed by atoms with Crippen LogP contribution in [-0.2, 0) is 14.2 Å². The molecule has 3 amide bonds. The van der Waals surface area contributed by atoms with E-state index in [-0.39, 0.29) is 54.6 Å². The number of pyridine rings is 2. The smallest absolute Gasteiger partial charge is 0.415 e. The van der Waals surface area contributed by atoms with Crippen LogP contribution in [0, 0.1) is 12.7 Å². The molecule has 0 radical (unpaired) electrons. The van der Waals surface area contributed by atoms with E-state index in [1.807, 2.05) is 0 Å². The van der Waals surface area contributed by atoms with E-state index in [9.17, 15) is 18.8 Å². The second kappa shape index (κ2) is 13.0. The number of likely N-dealkylation sites (N-methyl/N-ethyl adjacent to an activating group) is 1. The number of aromatic nitrogens is 2. The number of amides is 3. The lowest BCUT2D eigenvalue weighted by molar-refractivity contribution is 0.0564. The average molecular weight is 671 g/mol. The molecule has 1 aromatic carbocycles. The van der Waals surface area contributed by atoms with Crippen LogP contribution in [0.4, 0.5) is 40.4 Å². The number of rotatable bonds is 4. The Morgan fingerprint density at radius 1 is 0.958 bits per heavy atom. The topological polar surface area (TPSA) is 144 Å². The number of benzene rings is 1. The van der Waals surface area contributed by atoms with Crippen molar-refractivity contribution in [3.63, 3.8) is 0 Å². The van der Waals surface area contributed by atoms with Crippen molar-refractivity contribution < 1.29 is 42.1 Å². The SMILES string of the molecule is Cc1c(-c2cc3cc(NC(=O)O[C@H]4CN(C)C[C@@H]4F)ncc3c(NC(=O)OC(C)(C)C)c2F)cnc2c1N(C(=O)OC(C)(C)C)CCO2. The summed E-state index contributed by atoms with van der Waals surface area (Å²) in [7, 11) is 1.72. The van der Waals surface area contributed by atoms with Gasteiger partial charge in [0.1, 0.15) is 35.4 Å². The van der Waals surface area contributed by atoms with E-state index in [1.54, 1.807) is 60.4 Å². The van der Waals surface area contributed by atoms with E-state index < -0.39 is 47.6 Å². The van der Waals surface area contributed by atoms with Crippen molar-refractivity contribution in [2.24, 2.45) is 0 Å². The maximum absolute atomic E-state index is 16.6. The van der Waals surface area contributed by atoms with Crippen LogP contribution >= 0.6 is 0 Å². The van der Waals surface area contributed by atoms with Crippen LogP contribution in [0.2, 0.25) is 0 Å². The van der Waals surface area contributed by atoms with E-state index in [0.29, 0.717) is 22.2 Å². The Morgan fingerprint density at radius 2 is 1.67 bits per heavy atom. The maximum atomic E-state index is 16.6. The van der Waals surface area contributed by atoms with Crippen LogP contribution in [-0.4, -0.2) is 89.9 Å². The zero-order valence-corrected chi connectivity index (χ0v) is 28.2. The lowest BCUT2D eigenvalue weighted by atomic mass is 9.96. The number of hydrogen-bond donors (Lipinski definition) is 2. The first-order valence-electron chi connectivity index (χ1n) is 15.5. The maximum Gasteiger partial charge on any atom is 0.415 e.